The Bertz CT molecular complexity index is 609. The van der Waals surface area contributed by atoms with Crippen LogP contribution in [0.25, 0.3) is 0 Å². The molecule has 0 aliphatic rings. The van der Waals surface area contributed by atoms with Gasteiger partial charge in [-0.2, -0.15) is 0 Å². The number of hydrogen-bond donors (Lipinski definition) is 2. The number of pyridine rings is 2. The first-order chi connectivity index (χ1) is 10.7. The van der Waals surface area contributed by atoms with Crippen molar-refractivity contribution >= 4 is 11.8 Å². The number of aromatic nitrogens is 2. The highest BCUT2D eigenvalue weighted by Gasteiger charge is 2.02. The molecule has 0 saturated heterocycles. The largest absolute Gasteiger partial charge is 0.363 e. The van der Waals surface area contributed by atoms with Crippen molar-refractivity contribution in [3.63, 3.8) is 0 Å². The molecular weight excluding hydrogens is 276 g/mol. The van der Waals surface area contributed by atoms with E-state index in [9.17, 15) is 0 Å². The van der Waals surface area contributed by atoms with Crippen LogP contribution in [0.2, 0.25) is 0 Å². The Balaban J connectivity index is 1.87. The molecule has 0 unspecified atom stereocenters. The standard InChI is InChI=1S/C16H22N6/c1-17-16(21-12-14-6-4-5-8-18-14)20-11-13-7-9-19-15(10-13)22(2)3/h4-10H,11-12H2,1-3H3,(H2,17,20,21). The van der Waals surface area contributed by atoms with Gasteiger partial charge in [0.25, 0.3) is 0 Å². The van der Waals surface area contributed by atoms with Crippen molar-refractivity contribution in [3.8, 4) is 0 Å². The van der Waals surface area contributed by atoms with E-state index in [4.69, 9.17) is 0 Å². The Morgan fingerprint density at radius 3 is 2.59 bits per heavy atom. The minimum atomic E-state index is 0.639. The highest BCUT2D eigenvalue weighted by Crippen LogP contribution is 2.09. The van der Waals surface area contributed by atoms with E-state index in [1.165, 1.54) is 0 Å². The summed E-state index contributed by atoms with van der Waals surface area (Å²) >= 11 is 0. The third-order valence-corrected chi connectivity index (χ3v) is 3.11. The molecule has 2 N–H and O–H groups in total. The summed E-state index contributed by atoms with van der Waals surface area (Å²) in [4.78, 5) is 14.8. The van der Waals surface area contributed by atoms with E-state index in [-0.39, 0.29) is 0 Å². The van der Waals surface area contributed by atoms with Crippen LogP contribution in [0.4, 0.5) is 5.82 Å². The van der Waals surface area contributed by atoms with Crippen LogP contribution in [0.5, 0.6) is 0 Å². The molecule has 22 heavy (non-hydrogen) atoms. The van der Waals surface area contributed by atoms with Crippen LogP contribution in [-0.4, -0.2) is 37.1 Å². The van der Waals surface area contributed by atoms with Crippen LogP contribution in [0.1, 0.15) is 11.3 Å². The molecule has 0 aliphatic heterocycles. The molecule has 116 valence electrons. The normalized spacial score (nSPS) is 11.1. The zero-order valence-corrected chi connectivity index (χ0v) is 13.2. The number of nitrogens with zero attached hydrogens (tertiary/aromatic N) is 4. The molecule has 2 heterocycles. The minimum absolute atomic E-state index is 0.639. The second-order valence-corrected chi connectivity index (χ2v) is 5.02. The van der Waals surface area contributed by atoms with Crippen molar-refractivity contribution in [2.45, 2.75) is 13.1 Å². The summed E-state index contributed by atoms with van der Waals surface area (Å²) < 4.78 is 0. The van der Waals surface area contributed by atoms with Gasteiger partial charge in [-0.25, -0.2) is 4.98 Å². The molecule has 0 aliphatic carbocycles. The van der Waals surface area contributed by atoms with Gasteiger partial charge in [0, 0.05) is 40.1 Å². The highest BCUT2D eigenvalue weighted by atomic mass is 15.2. The van der Waals surface area contributed by atoms with Gasteiger partial charge in [-0.1, -0.05) is 6.07 Å². The monoisotopic (exact) mass is 298 g/mol. The van der Waals surface area contributed by atoms with Crippen LogP contribution in [0.3, 0.4) is 0 Å². The fourth-order valence-corrected chi connectivity index (χ4v) is 1.90. The van der Waals surface area contributed by atoms with E-state index in [1.807, 2.05) is 49.5 Å². The first kappa shape index (κ1) is 15.8. The van der Waals surface area contributed by atoms with Crippen molar-refractivity contribution in [1.29, 1.82) is 0 Å². The van der Waals surface area contributed by atoms with Crippen LogP contribution in [0.15, 0.2) is 47.7 Å². The van der Waals surface area contributed by atoms with E-state index in [0.717, 1.165) is 23.0 Å². The lowest BCUT2D eigenvalue weighted by atomic mass is 10.2. The molecule has 6 nitrogen and oxygen atoms in total. The molecule has 0 bridgehead atoms. The first-order valence-electron chi connectivity index (χ1n) is 7.15. The number of hydrogen-bond acceptors (Lipinski definition) is 4. The fourth-order valence-electron chi connectivity index (χ4n) is 1.90. The van der Waals surface area contributed by atoms with Gasteiger partial charge in [0.2, 0.25) is 0 Å². The Hall–Kier alpha value is -2.63. The second kappa shape index (κ2) is 7.97. The number of aliphatic imine (C=N–C) groups is 1. The molecule has 0 fully saturated rings. The van der Waals surface area contributed by atoms with Crippen molar-refractivity contribution in [2.24, 2.45) is 4.99 Å². The summed E-state index contributed by atoms with van der Waals surface area (Å²) in [7, 11) is 5.71. The van der Waals surface area contributed by atoms with Crippen LogP contribution < -0.4 is 15.5 Å². The lowest BCUT2D eigenvalue weighted by Crippen LogP contribution is -2.36. The SMILES string of the molecule is CN=C(NCc1ccnc(N(C)C)c1)NCc1ccccn1. The predicted octanol–water partition coefficient (Wildman–Crippen LogP) is 1.41. The summed E-state index contributed by atoms with van der Waals surface area (Å²) in [5.41, 5.74) is 2.13. The maximum absolute atomic E-state index is 4.31. The van der Waals surface area contributed by atoms with Gasteiger partial charge in [-0.15, -0.1) is 0 Å². The van der Waals surface area contributed by atoms with Crippen molar-refractivity contribution in [2.75, 3.05) is 26.0 Å². The Kier molecular flexibility index (Phi) is 5.71. The van der Waals surface area contributed by atoms with E-state index < -0.39 is 0 Å². The average molecular weight is 298 g/mol. The van der Waals surface area contributed by atoms with Gasteiger partial charge in [-0.3, -0.25) is 9.98 Å². The summed E-state index contributed by atoms with van der Waals surface area (Å²) in [6.07, 6.45) is 3.60. The highest BCUT2D eigenvalue weighted by molar-refractivity contribution is 5.79. The topological polar surface area (TPSA) is 65.4 Å². The molecule has 0 saturated carbocycles. The number of nitrogens with one attached hydrogen (secondary N) is 2. The maximum Gasteiger partial charge on any atom is 0.191 e. The Morgan fingerprint density at radius 2 is 1.91 bits per heavy atom. The van der Waals surface area contributed by atoms with E-state index in [0.29, 0.717) is 13.1 Å². The minimum Gasteiger partial charge on any atom is -0.363 e. The molecule has 0 radical (unpaired) electrons. The quantitative estimate of drug-likeness (QED) is 0.645. The van der Waals surface area contributed by atoms with Gasteiger partial charge >= 0.3 is 0 Å². The smallest absolute Gasteiger partial charge is 0.191 e. The third kappa shape index (κ3) is 4.73. The van der Waals surface area contributed by atoms with Gasteiger partial charge in [0.05, 0.1) is 12.2 Å². The molecule has 0 spiro atoms. The van der Waals surface area contributed by atoms with Gasteiger partial charge in [0.15, 0.2) is 5.96 Å². The molecular formula is C16H22N6. The Labute approximate surface area is 131 Å². The van der Waals surface area contributed by atoms with Crippen molar-refractivity contribution < 1.29 is 0 Å². The van der Waals surface area contributed by atoms with E-state index in [2.05, 4.69) is 31.7 Å². The molecule has 0 amide bonds. The lowest BCUT2D eigenvalue weighted by Gasteiger charge is -2.14. The fraction of sp³-hybridized carbons (Fsp3) is 0.312. The van der Waals surface area contributed by atoms with Crippen LogP contribution in [-0.2, 0) is 13.1 Å². The van der Waals surface area contributed by atoms with Gasteiger partial charge < -0.3 is 15.5 Å². The molecule has 0 aromatic carbocycles. The maximum atomic E-state index is 4.31. The summed E-state index contributed by atoms with van der Waals surface area (Å²) in [6, 6.07) is 9.90. The van der Waals surface area contributed by atoms with Crippen molar-refractivity contribution in [1.82, 2.24) is 20.6 Å². The summed E-state index contributed by atoms with van der Waals surface area (Å²) in [5.74, 6) is 1.68. The molecule has 0 atom stereocenters. The first-order valence-corrected chi connectivity index (χ1v) is 7.15. The van der Waals surface area contributed by atoms with Crippen LogP contribution in [0, 0.1) is 0 Å². The van der Waals surface area contributed by atoms with E-state index >= 15 is 0 Å². The molecule has 2 rings (SSSR count). The van der Waals surface area contributed by atoms with Crippen molar-refractivity contribution in [3.05, 3.63) is 54.0 Å². The molecule has 2 aromatic rings. The molecule has 6 heteroatoms. The third-order valence-electron chi connectivity index (χ3n) is 3.11. The van der Waals surface area contributed by atoms with E-state index in [1.54, 1.807) is 13.2 Å². The summed E-state index contributed by atoms with van der Waals surface area (Å²) in [5, 5.41) is 6.53. The van der Waals surface area contributed by atoms with Crippen LogP contribution >= 0.6 is 0 Å². The van der Waals surface area contributed by atoms with Gasteiger partial charge in [-0.05, 0) is 29.8 Å². The second-order valence-electron chi connectivity index (χ2n) is 5.02. The summed E-state index contributed by atoms with van der Waals surface area (Å²) in [6.45, 7) is 1.32. The predicted molar refractivity (Wildman–Crippen MR) is 89.8 cm³/mol. The zero-order chi connectivity index (χ0) is 15.8. The average Bonchev–Trinajstić information content (AvgIpc) is 2.56. The lowest BCUT2D eigenvalue weighted by molar-refractivity contribution is 0.793. The number of anilines is 1. The zero-order valence-electron chi connectivity index (χ0n) is 13.2. The van der Waals surface area contributed by atoms with Gasteiger partial charge in [0.1, 0.15) is 5.82 Å². The molecule has 2 aromatic heterocycles. The number of rotatable bonds is 5. The number of guanidine groups is 1. The Morgan fingerprint density at radius 1 is 1.09 bits per heavy atom.